The van der Waals surface area contributed by atoms with Crippen LogP contribution in [0.2, 0.25) is 0 Å². The summed E-state index contributed by atoms with van der Waals surface area (Å²) in [6.07, 6.45) is 2.49. The number of carbonyl (C=O) groups is 2. The van der Waals surface area contributed by atoms with Gasteiger partial charge in [0.05, 0.1) is 12.7 Å². The van der Waals surface area contributed by atoms with Crippen LogP contribution in [-0.2, 0) is 16.0 Å². The largest absolute Gasteiger partial charge is 0.459 e. The van der Waals surface area contributed by atoms with Crippen molar-refractivity contribution in [2.24, 2.45) is 0 Å². The van der Waals surface area contributed by atoms with E-state index in [9.17, 15) is 30.0 Å². The number of rotatable bonds is 16. The zero-order valence-corrected chi connectivity index (χ0v) is 23.3. The number of hydrogen-bond acceptors (Lipinski definition) is 9. The fraction of sp³-hybridized carbons (Fsp3) is 0.586. The van der Waals surface area contributed by atoms with Crippen molar-refractivity contribution in [1.29, 1.82) is 0 Å². The summed E-state index contributed by atoms with van der Waals surface area (Å²) < 4.78 is 5.04. The molecule has 1 saturated heterocycles. The highest BCUT2D eigenvalue weighted by atomic mass is 32.1. The Morgan fingerprint density at radius 1 is 1.05 bits per heavy atom. The molecule has 9 nitrogen and oxygen atoms in total. The number of amides is 1. The van der Waals surface area contributed by atoms with Crippen LogP contribution in [0.1, 0.15) is 84.5 Å². The van der Waals surface area contributed by atoms with E-state index in [1.807, 2.05) is 35.2 Å². The first-order valence-corrected chi connectivity index (χ1v) is 14.6. The number of ether oxygens (including phenoxy) is 1. The zero-order chi connectivity index (χ0) is 28.4. The SMILES string of the molecule is CCCCCC(O)c1ccc(N2C(=O)CC[C@@H]2CCCc2ccc(C(=O)OCC(O)C(O)C(O)CO)s2)cc1. The Morgan fingerprint density at radius 3 is 2.49 bits per heavy atom. The number of unbranched alkanes of at least 4 members (excludes halogenated alkanes) is 2. The summed E-state index contributed by atoms with van der Waals surface area (Å²) in [5, 5.41) is 48.1. The summed E-state index contributed by atoms with van der Waals surface area (Å²) in [5.74, 6) is -0.529. The Labute approximate surface area is 233 Å². The van der Waals surface area contributed by atoms with Crippen molar-refractivity contribution in [3.8, 4) is 0 Å². The van der Waals surface area contributed by atoms with Crippen LogP contribution in [0.25, 0.3) is 0 Å². The Balaban J connectivity index is 1.48. The normalized spacial score (nSPS) is 18.7. The molecule has 3 rings (SSSR count). The molecule has 5 N–H and O–H groups in total. The number of aliphatic hydroxyl groups is 5. The van der Waals surface area contributed by atoms with Gasteiger partial charge in [-0.25, -0.2) is 4.79 Å². The maximum Gasteiger partial charge on any atom is 0.348 e. The summed E-state index contributed by atoms with van der Waals surface area (Å²) in [5.41, 5.74) is 1.73. The Kier molecular flexibility index (Phi) is 12.4. The first kappa shape index (κ1) is 31.2. The quantitative estimate of drug-likeness (QED) is 0.155. The molecule has 5 atom stereocenters. The number of aryl methyl sites for hydroxylation is 1. The molecular weight excluding hydrogens is 522 g/mol. The molecule has 39 heavy (non-hydrogen) atoms. The molecule has 1 aliphatic rings. The van der Waals surface area contributed by atoms with Gasteiger partial charge in [0.2, 0.25) is 5.91 Å². The first-order chi connectivity index (χ1) is 18.7. The van der Waals surface area contributed by atoms with Crippen LogP contribution in [0.3, 0.4) is 0 Å². The van der Waals surface area contributed by atoms with E-state index in [0.29, 0.717) is 11.3 Å². The van der Waals surface area contributed by atoms with E-state index >= 15 is 0 Å². The van der Waals surface area contributed by atoms with E-state index in [2.05, 4.69) is 6.92 Å². The standard InChI is InChI=1S/C29H41NO8S/c1-2-3-4-8-23(32)19-9-11-21(12-10-19)30-20(13-16-27(30)35)6-5-7-22-14-15-26(39-22)29(37)38-18-25(34)28(36)24(33)17-31/h9-12,14-15,20,23-25,28,31-34,36H,2-8,13,16-18H2,1H3/t20-,23?,24?,25?,28?/m0/s1. The van der Waals surface area contributed by atoms with Crippen molar-refractivity contribution in [2.75, 3.05) is 18.1 Å². The van der Waals surface area contributed by atoms with Crippen LogP contribution < -0.4 is 4.90 Å². The Bertz CT molecular complexity index is 1040. The third-order valence-corrected chi connectivity index (χ3v) is 8.27. The first-order valence-electron chi connectivity index (χ1n) is 13.8. The Morgan fingerprint density at radius 2 is 1.79 bits per heavy atom. The molecular formula is C29H41NO8S. The lowest BCUT2D eigenvalue weighted by atomic mass is 10.0. The van der Waals surface area contributed by atoms with Crippen LogP contribution in [0.15, 0.2) is 36.4 Å². The van der Waals surface area contributed by atoms with Crippen molar-refractivity contribution in [3.05, 3.63) is 51.7 Å². The second-order valence-corrected chi connectivity index (χ2v) is 11.3. The highest BCUT2D eigenvalue weighted by Gasteiger charge is 2.32. The maximum absolute atomic E-state index is 12.7. The molecule has 2 heterocycles. The van der Waals surface area contributed by atoms with Gasteiger partial charge in [-0.05, 0) is 61.9 Å². The van der Waals surface area contributed by atoms with Gasteiger partial charge in [0.15, 0.2) is 0 Å². The van der Waals surface area contributed by atoms with Gasteiger partial charge < -0.3 is 35.2 Å². The Hall–Kier alpha value is -2.34. The minimum Gasteiger partial charge on any atom is -0.459 e. The van der Waals surface area contributed by atoms with Crippen LogP contribution >= 0.6 is 11.3 Å². The molecule has 0 bridgehead atoms. The third kappa shape index (κ3) is 8.83. The fourth-order valence-corrected chi connectivity index (χ4v) is 5.76. The van der Waals surface area contributed by atoms with Gasteiger partial charge in [-0.2, -0.15) is 0 Å². The lowest BCUT2D eigenvalue weighted by molar-refractivity contribution is -0.117. The molecule has 0 spiro atoms. The highest BCUT2D eigenvalue weighted by Crippen LogP contribution is 2.31. The van der Waals surface area contributed by atoms with Crippen molar-refractivity contribution in [3.63, 3.8) is 0 Å². The average molecular weight is 564 g/mol. The lowest BCUT2D eigenvalue weighted by Crippen LogP contribution is -2.42. The number of esters is 1. The summed E-state index contributed by atoms with van der Waals surface area (Å²) in [6.45, 7) is 0.912. The summed E-state index contributed by atoms with van der Waals surface area (Å²) in [7, 11) is 0. The zero-order valence-electron chi connectivity index (χ0n) is 22.4. The number of carbonyl (C=O) groups excluding carboxylic acids is 2. The molecule has 1 aromatic heterocycles. The summed E-state index contributed by atoms with van der Waals surface area (Å²) >= 11 is 1.29. The summed E-state index contributed by atoms with van der Waals surface area (Å²) in [6, 6.07) is 11.3. The molecule has 1 amide bonds. The van der Waals surface area contributed by atoms with Gasteiger partial charge in [-0.15, -0.1) is 11.3 Å². The van der Waals surface area contributed by atoms with Crippen LogP contribution in [0, 0.1) is 0 Å². The van der Waals surface area contributed by atoms with Gasteiger partial charge in [0.25, 0.3) is 0 Å². The van der Waals surface area contributed by atoms with Crippen LogP contribution in [0.5, 0.6) is 0 Å². The van der Waals surface area contributed by atoms with E-state index in [1.54, 1.807) is 6.07 Å². The van der Waals surface area contributed by atoms with Crippen molar-refractivity contribution in [1.82, 2.24) is 0 Å². The van der Waals surface area contributed by atoms with Gasteiger partial charge in [0, 0.05) is 23.0 Å². The smallest absolute Gasteiger partial charge is 0.348 e. The van der Waals surface area contributed by atoms with Crippen molar-refractivity contribution >= 4 is 28.9 Å². The monoisotopic (exact) mass is 563 g/mol. The minimum atomic E-state index is -1.62. The molecule has 1 aromatic carbocycles. The van der Waals surface area contributed by atoms with Crippen LogP contribution in [0.4, 0.5) is 5.69 Å². The fourth-order valence-electron chi connectivity index (χ4n) is 4.81. The van der Waals surface area contributed by atoms with E-state index in [0.717, 1.165) is 67.5 Å². The predicted octanol–water partition coefficient (Wildman–Crippen LogP) is 3.11. The number of hydrogen-bond donors (Lipinski definition) is 5. The minimum absolute atomic E-state index is 0.101. The number of benzene rings is 1. The van der Waals surface area contributed by atoms with E-state index in [4.69, 9.17) is 9.84 Å². The van der Waals surface area contributed by atoms with Gasteiger partial charge >= 0.3 is 5.97 Å². The van der Waals surface area contributed by atoms with E-state index in [-0.39, 0.29) is 11.9 Å². The number of anilines is 1. The van der Waals surface area contributed by atoms with Crippen molar-refractivity contribution in [2.45, 2.75) is 95.2 Å². The highest BCUT2D eigenvalue weighted by molar-refractivity contribution is 7.13. The molecule has 0 radical (unpaired) electrons. The number of thiophene rings is 1. The molecule has 1 aliphatic heterocycles. The second-order valence-electron chi connectivity index (χ2n) is 10.1. The molecule has 1 fully saturated rings. The number of nitrogens with zero attached hydrogens (tertiary/aromatic N) is 1. The lowest BCUT2D eigenvalue weighted by Gasteiger charge is -2.25. The van der Waals surface area contributed by atoms with E-state index < -0.39 is 43.6 Å². The molecule has 0 saturated carbocycles. The topological polar surface area (TPSA) is 148 Å². The molecule has 216 valence electrons. The van der Waals surface area contributed by atoms with Gasteiger partial charge in [0.1, 0.15) is 29.8 Å². The molecule has 2 aromatic rings. The van der Waals surface area contributed by atoms with Gasteiger partial charge in [-0.1, -0.05) is 38.3 Å². The third-order valence-electron chi connectivity index (χ3n) is 7.15. The summed E-state index contributed by atoms with van der Waals surface area (Å²) in [4.78, 5) is 28.2. The second kappa shape index (κ2) is 15.4. The van der Waals surface area contributed by atoms with Gasteiger partial charge in [-0.3, -0.25) is 4.79 Å². The average Bonchev–Trinajstić information content (AvgIpc) is 3.57. The molecule has 4 unspecified atom stereocenters. The number of aliphatic hydroxyl groups excluding tert-OH is 5. The van der Waals surface area contributed by atoms with Crippen LogP contribution in [-0.4, -0.2) is 75.0 Å². The van der Waals surface area contributed by atoms with Crippen molar-refractivity contribution < 1.29 is 39.9 Å². The van der Waals surface area contributed by atoms with E-state index in [1.165, 1.54) is 11.3 Å². The molecule has 10 heteroatoms. The molecule has 0 aliphatic carbocycles. The maximum atomic E-state index is 12.7. The predicted molar refractivity (Wildman–Crippen MR) is 149 cm³/mol.